The van der Waals surface area contributed by atoms with Gasteiger partial charge in [0.15, 0.2) is 0 Å². The minimum atomic E-state index is -0.135. The molecule has 1 N–H and O–H groups in total. The summed E-state index contributed by atoms with van der Waals surface area (Å²) in [4.78, 5) is 25.9. The van der Waals surface area contributed by atoms with Crippen molar-refractivity contribution >= 4 is 17.5 Å². The number of hydrogen-bond acceptors (Lipinski definition) is 4. The highest BCUT2D eigenvalue weighted by Gasteiger charge is 2.31. The zero-order chi connectivity index (χ0) is 16.2. The number of ether oxygens (including phenoxy) is 1. The third-order valence-corrected chi connectivity index (χ3v) is 4.39. The summed E-state index contributed by atoms with van der Waals surface area (Å²) >= 11 is 0. The molecule has 2 amide bonds. The summed E-state index contributed by atoms with van der Waals surface area (Å²) in [6.45, 7) is 0.716. The van der Waals surface area contributed by atoms with Crippen LogP contribution in [0.15, 0.2) is 29.4 Å². The maximum absolute atomic E-state index is 12.8. The summed E-state index contributed by atoms with van der Waals surface area (Å²) in [6, 6.07) is 7.90. The maximum atomic E-state index is 12.8. The molecule has 1 unspecified atom stereocenters. The molecule has 23 heavy (non-hydrogen) atoms. The predicted molar refractivity (Wildman–Crippen MR) is 86.1 cm³/mol. The standard InChI is InChI=1S/C17H21N3O3/c1-23-13-6-4-5-12(11-13)15-7-2-3-10-20(15)17(22)14-8-9-16(21)19-18-14/h4-6,11,15H,2-3,7-10H2,1H3,(H,19,21). The molecule has 2 heterocycles. The smallest absolute Gasteiger partial charge is 0.270 e. The molecule has 0 saturated carbocycles. The largest absolute Gasteiger partial charge is 0.497 e. The number of amides is 2. The van der Waals surface area contributed by atoms with Crippen LogP contribution in [0.2, 0.25) is 0 Å². The number of benzene rings is 1. The van der Waals surface area contributed by atoms with Crippen molar-refractivity contribution in [3.05, 3.63) is 29.8 Å². The van der Waals surface area contributed by atoms with Gasteiger partial charge in [0.05, 0.1) is 13.2 Å². The van der Waals surface area contributed by atoms with Gasteiger partial charge < -0.3 is 9.64 Å². The molecule has 0 radical (unpaired) electrons. The molecule has 122 valence electrons. The van der Waals surface area contributed by atoms with E-state index in [-0.39, 0.29) is 17.9 Å². The van der Waals surface area contributed by atoms with Gasteiger partial charge in [0, 0.05) is 19.4 Å². The summed E-state index contributed by atoms with van der Waals surface area (Å²) in [5, 5.41) is 3.95. The molecule has 1 atom stereocenters. The number of carbonyl (C=O) groups excluding carboxylic acids is 2. The zero-order valence-corrected chi connectivity index (χ0v) is 13.2. The van der Waals surface area contributed by atoms with Gasteiger partial charge in [-0.2, -0.15) is 5.10 Å². The van der Waals surface area contributed by atoms with Gasteiger partial charge in [-0.3, -0.25) is 9.59 Å². The van der Waals surface area contributed by atoms with E-state index < -0.39 is 0 Å². The summed E-state index contributed by atoms with van der Waals surface area (Å²) in [5.74, 6) is 0.588. The zero-order valence-electron chi connectivity index (χ0n) is 13.2. The van der Waals surface area contributed by atoms with E-state index in [1.54, 1.807) is 7.11 Å². The molecule has 1 fully saturated rings. The monoisotopic (exact) mass is 315 g/mol. The van der Waals surface area contributed by atoms with Crippen molar-refractivity contribution in [2.24, 2.45) is 5.10 Å². The highest BCUT2D eigenvalue weighted by molar-refractivity contribution is 6.39. The Hall–Kier alpha value is -2.37. The van der Waals surface area contributed by atoms with Crippen LogP contribution in [0.1, 0.15) is 43.7 Å². The highest BCUT2D eigenvalue weighted by atomic mass is 16.5. The Kier molecular flexibility index (Phi) is 4.60. The van der Waals surface area contributed by atoms with Crippen molar-refractivity contribution in [1.29, 1.82) is 0 Å². The van der Waals surface area contributed by atoms with Crippen molar-refractivity contribution in [3.8, 4) is 5.75 Å². The fourth-order valence-corrected chi connectivity index (χ4v) is 3.16. The molecule has 1 aromatic carbocycles. The SMILES string of the molecule is COc1cccc(C2CCCCN2C(=O)C2=NNC(=O)CC2)c1. The minimum absolute atomic E-state index is 0.0340. The number of nitrogens with zero attached hydrogens (tertiary/aromatic N) is 2. The van der Waals surface area contributed by atoms with E-state index in [4.69, 9.17) is 4.74 Å². The second-order valence-corrected chi connectivity index (χ2v) is 5.88. The van der Waals surface area contributed by atoms with Gasteiger partial charge in [0.2, 0.25) is 5.91 Å². The summed E-state index contributed by atoms with van der Waals surface area (Å²) < 4.78 is 5.29. The van der Waals surface area contributed by atoms with E-state index in [2.05, 4.69) is 10.5 Å². The lowest BCUT2D eigenvalue weighted by molar-refractivity contribution is -0.128. The Labute approximate surface area is 135 Å². The summed E-state index contributed by atoms with van der Waals surface area (Å²) in [7, 11) is 1.64. The van der Waals surface area contributed by atoms with E-state index in [0.717, 1.165) is 30.6 Å². The van der Waals surface area contributed by atoms with Crippen molar-refractivity contribution in [1.82, 2.24) is 10.3 Å². The molecule has 1 aromatic rings. The minimum Gasteiger partial charge on any atom is -0.497 e. The van der Waals surface area contributed by atoms with Crippen LogP contribution in [0.4, 0.5) is 0 Å². The van der Waals surface area contributed by atoms with Crippen molar-refractivity contribution in [2.75, 3.05) is 13.7 Å². The molecule has 1 saturated heterocycles. The second kappa shape index (κ2) is 6.81. The first-order chi connectivity index (χ1) is 11.2. The van der Waals surface area contributed by atoms with E-state index in [9.17, 15) is 9.59 Å². The maximum Gasteiger partial charge on any atom is 0.270 e. The molecule has 0 aliphatic carbocycles. The van der Waals surface area contributed by atoms with Gasteiger partial charge in [0.25, 0.3) is 5.91 Å². The fourth-order valence-electron chi connectivity index (χ4n) is 3.16. The average Bonchev–Trinajstić information content (AvgIpc) is 2.62. The molecule has 3 rings (SSSR count). The summed E-state index contributed by atoms with van der Waals surface area (Å²) in [5.41, 5.74) is 3.93. The molecular weight excluding hydrogens is 294 g/mol. The molecule has 6 heteroatoms. The lowest BCUT2D eigenvalue weighted by Gasteiger charge is -2.36. The second-order valence-electron chi connectivity index (χ2n) is 5.88. The number of hydrogen-bond donors (Lipinski definition) is 1. The molecule has 0 bridgehead atoms. The van der Waals surface area contributed by atoms with Crippen molar-refractivity contribution in [3.63, 3.8) is 0 Å². The van der Waals surface area contributed by atoms with Crippen molar-refractivity contribution in [2.45, 2.75) is 38.1 Å². The topological polar surface area (TPSA) is 71.0 Å². The predicted octanol–water partition coefficient (Wildman–Crippen LogP) is 2.01. The van der Waals surface area contributed by atoms with Crippen molar-refractivity contribution < 1.29 is 14.3 Å². The highest BCUT2D eigenvalue weighted by Crippen LogP contribution is 2.33. The van der Waals surface area contributed by atoms with E-state index >= 15 is 0 Å². The Morgan fingerprint density at radius 1 is 1.35 bits per heavy atom. The molecule has 2 aliphatic heterocycles. The van der Waals surface area contributed by atoms with Gasteiger partial charge in [-0.1, -0.05) is 12.1 Å². The molecule has 2 aliphatic rings. The van der Waals surface area contributed by atoms with E-state index in [0.29, 0.717) is 25.1 Å². The van der Waals surface area contributed by atoms with Crippen LogP contribution in [0.25, 0.3) is 0 Å². The van der Waals surface area contributed by atoms with Crippen LogP contribution in [-0.2, 0) is 9.59 Å². The van der Waals surface area contributed by atoms with Crippen LogP contribution in [-0.4, -0.2) is 36.1 Å². The number of hydrazone groups is 1. The Morgan fingerprint density at radius 3 is 2.96 bits per heavy atom. The van der Waals surface area contributed by atoms with Gasteiger partial charge >= 0.3 is 0 Å². The number of rotatable bonds is 3. The van der Waals surface area contributed by atoms with E-state index in [1.807, 2.05) is 29.2 Å². The van der Waals surface area contributed by atoms with Gasteiger partial charge in [-0.05, 0) is 37.0 Å². The lowest BCUT2D eigenvalue weighted by Crippen LogP contribution is -2.44. The molecule has 6 nitrogen and oxygen atoms in total. The van der Waals surface area contributed by atoms with Gasteiger partial charge in [0.1, 0.15) is 11.5 Å². The van der Waals surface area contributed by atoms with Gasteiger partial charge in [-0.25, -0.2) is 5.43 Å². The Morgan fingerprint density at radius 2 is 2.22 bits per heavy atom. The normalized spacial score (nSPS) is 21.4. The van der Waals surface area contributed by atoms with Crippen LogP contribution in [0.3, 0.4) is 0 Å². The molecule has 0 aromatic heterocycles. The number of piperidine rings is 1. The van der Waals surface area contributed by atoms with Crippen LogP contribution >= 0.6 is 0 Å². The number of carbonyl (C=O) groups is 2. The van der Waals surface area contributed by atoms with Crippen LogP contribution < -0.4 is 10.2 Å². The Balaban J connectivity index is 1.83. The average molecular weight is 315 g/mol. The fraction of sp³-hybridized carbons (Fsp3) is 0.471. The van der Waals surface area contributed by atoms with Crippen LogP contribution in [0, 0.1) is 0 Å². The quantitative estimate of drug-likeness (QED) is 0.927. The molecule has 0 spiro atoms. The Bertz CT molecular complexity index is 642. The van der Waals surface area contributed by atoms with E-state index in [1.165, 1.54) is 0 Å². The van der Waals surface area contributed by atoms with Crippen LogP contribution in [0.5, 0.6) is 5.75 Å². The number of nitrogens with one attached hydrogen (secondary N) is 1. The first kappa shape index (κ1) is 15.5. The summed E-state index contributed by atoms with van der Waals surface area (Å²) in [6.07, 6.45) is 3.74. The first-order valence-corrected chi connectivity index (χ1v) is 7.99. The lowest BCUT2D eigenvalue weighted by atomic mass is 9.94. The number of methoxy groups -OCH3 is 1. The third-order valence-electron chi connectivity index (χ3n) is 4.39. The molecular formula is C17H21N3O3. The first-order valence-electron chi connectivity index (χ1n) is 7.99. The number of likely N-dealkylation sites (tertiary alicyclic amines) is 1. The third kappa shape index (κ3) is 3.36. The van der Waals surface area contributed by atoms with Gasteiger partial charge in [-0.15, -0.1) is 0 Å².